The third kappa shape index (κ3) is 4.08. The number of nitrogens with two attached hydrogens (primary N) is 1. The summed E-state index contributed by atoms with van der Waals surface area (Å²) in [6.45, 7) is 6.31. The number of hydrogen-bond acceptors (Lipinski definition) is 3. The molecule has 1 aromatic rings. The predicted molar refractivity (Wildman–Crippen MR) is 74.7 cm³/mol. The molecule has 1 aromatic carbocycles. The average molecular weight is 270 g/mol. The molecule has 4 nitrogen and oxygen atoms in total. The van der Waals surface area contributed by atoms with Crippen molar-refractivity contribution in [3.8, 4) is 0 Å². The molecule has 0 fully saturated rings. The van der Waals surface area contributed by atoms with Gasteiger partial charge in [-0.15, -0.1) is 0 Å². The molecule has 0 aliphatic rings. The highest BCUT2D eigenvalue weighted by molar-refractivity contribution is 7.89. The van der Waals surface area contributed by atoms with E-state index in [1.54, 1.807) is 0 Å². The normalized spacial score (nSPS) is 12.3. The van der Waals surface area contributed by atoms with Crippen LogP contribution in [-0.4, -0.2) is 31.1 Å². The SMILES string of the molecule is Cc1cccc(CN(C(C)C)S(=O)(=O)CCN)c1. The van der Waals surface area contributed by atoms with Crippen LogP contribution in [0.2, 0.25) is 0 Å². The van der Waals surface area contributed by atoms with Crippen LogP contribution in [0.1, 0.15) is 25.0 Å². The van der Waals surface area contributed by atoms with Crippen LogP contribution in [0.5, 0.6) is 0 Å². The molecule has 0 aliphatic heterocycles. The molecule has 0 heterocycles. The third-order valence-corrected chi connectivity index (χ3v) is 4.75. The maximum atomic E-state index is 12.1. The summed E-state index contributed by atoms with van der Waals surface area (Å²) in [7, 11) is -3.27. The fourth-order valence-corrected chi connectivity index (χ4v) is 3.38. The van der Waals surface area contributed by atoms with Crippen molar-refractivity contribution < 1.29 is 8.42 Å². The van der Waals surface area contributed by atoms with Crippen LogP contribution in [0.25, 0.3) is 0 Å². The summed E-state index contributed by atoms with van der Waals surface area (Å²) in [5.74, 6) is -0.00298. The van der Waals surface area contributed by atoms with Gasteiger partial charge in [0.25, 0.3) is 0 Å². The Morgan fingerprint density at radius 2 is 2.00 bits per heavy atom. The molecule has 0 aliphatic carbocycles. The minimum atomic E-state index is -3.27. The number of sulfonamides is 1. The summed E-state index contributed by atoms with van der Waals surface area (Å²) in [5.41, 5.74) is 7.50. The van der Waals surface area contributed by atoms with Crippen LogP contribution >= 0.6 is 0 Å². The fourth-order valence-electron chi connectivity index (χ4n) is 1.86. The van der Waals surface area contributed by atoms with Crippen LogP contribution in [0, 0.1) is 6.92 Å². The number of rotatable bonds is 6. The smallest absolute Gasteiger partial charge is 0.215 e. The van der Waals surface area contributed by atoms with E-state index in [0.717, 1.165) is 11.1 Å². The van der Waals surface area contributed by atoms with Gasteiger partial charge < -0.3 is 5.73 Å². The number of benzene rings is 1. The van der Waals surface area contributed by atoms with E-state index in [9.17, 15) is 8.42 Å². The number of aryl methyl sites for hydroxylation is 1. The molecule has 2 N–H and O–H groups in total. The summed E-state index contributed by atoms with van der Waals surface area (Å²) in [5, 5.41) is 0. The Labute approximate surface area is 110 Å². The van der Waals surface area contributed by atoms with Crippen molar-refractivity contribution in [1.29, 1.82) is 0 Å². The maximum Gasteiger partial charge on any atom is 0.215 e. The molecule has 102 valence electrons. The average Bonchev–Trinajstić information content (AvgIpc) is 2.25. The lowest BCUT2D eigenvalue weighted by atomic mass is 10.1. The minimum Gasteiger partial charge on any atom is -0.329 e. The van der Waals surface area contributed by atoms with Crippen molar-refractivity contribution in [2.45, 2.75) is 33.4 Å². The number of hydrogen-bond donors (Lipinski definition) is 1. The summed E-state index contributed by atoms with van der Waals surface area (Å²) in [4.78, 5) is 0. The Morgan fingerprint density at radius 3 is 2.50 bits per heavy atom. The van der Waals surface area contributed by atoms with Crippen molar-refractivity contribution in [3.63, 3.8) is 0 Å². The largest absolute Gasteiger partial charge is 0.329 e. The molecule has 0 spiro atoms. The van der Waals surface area contributed by atoms with Crippen LogP contribution in [0.3, 0.4) is 0 Å². The molecule has 0 unspecified atom stereocenters. The Bertz CT molecular complexity index is 484. The predicted octanol–water partition coefficient (Wildman–Crippen LogP) is 1.49. The van der Waals surface area contributed by atoms with Gasteiger partial charge in [-0.3, -0.25) is 0 Å². The minimum absolute atomic E-state index is 0.00298. The van der Waals surface area contributed by atoms with Gasteiger partial charge in [0, 0.05) is 19.1 Å². The van der Waals surface area contributed by atoms with E-state index in [1.807, 2.05) is 45.0 Å². The van der Waals surface area contributed by atoms with Crippen LogP contribution < -0.4 is 5.73 Å². The summed E-state index contributed by atoms with van der Waals surface area (Å²) in [6.07, 6.45) is 0. The highest BCUT2D eigenvalue weighted by Crippen LogP contribution is 2.14. The van der Waals surface area contributed by atoms with E-state index < -0.39 is 10.0 Å². The topological polar surface area (TPSA) is 63.4 Å². The maximum absolute atomic E-state index is 12.1. The molecule has 18 heavy (non-hydrogen) atoms. The van der Waals surface area contributed by atoms with Gasteiger partial charge in [-0.2, -0.15) is 4.31 Å². The first-order chi connectivity index (χ1) is 8.36. The van der Waals surface area contributed by atoms with Crippen molar-refractivity contribution in [2.75, 3.05) is 12.3 Å². The van der Waals surface area contributed by atoms with Gasteiger partial charge in [-0.1, -0.05) is 29.8 Å². The Balaban J connectivity index is 2.95. The molecule has 0 saturated carbocycles. The van der Waals surface area contributed by atoms with Gasteiger partial charge in [-0.05, 0) is 26.3 Å². The van der Waals surface area contributed by atoms with Gasteiger partial charge in [0.05, 0.1) is 5.75 Å². The van der Waals surface area contributed by atoms with Gasteiger partial charge in [-0.25, -0.2) is 8.42 Å². The van der Waals surface area contributed by atoms with Gasteiger partial charge in [0.15, 0.2) is 0 Å². The van der Waals surface area contributed by atoms with Crippen molar-refractivity contribution in [1.82, 2.24) is 4.31 Å². The summed E-state index contributed by atoms with van der Waals surface area (Å²) < 4.78 is 25.7. The molecular formula is C13H22N2O2S. The van der Waals surface area contributed by atoms with E-state index in [2.05, 4.69) is 0 Å². The molecule has 0 radical (unpaired) electrons. The van der Waals surface area contributed by atoms with E-state index in [0.29, 0.717) is 6.54 Å². The first-order valence-electron chi connectivity index (χ1n) is 6.12. The van der Waals surface area contributed by atoms with E-state index >= 15 is 0 Å². The molecule has 0 saturated heterocycles. The number of nitrogens with zero attached hydrogens (tertiary/aromatic N) is 1. The van der Waals surface area contributed by atoms with Gasteiger partial charge in [0.1, 0.15) is 0 Å². The highest BCUT2D eigenvalue weighted by atomic mass is 32.2. The Kier molecular flexibility index (Phi) is 5.31. The molecular weight excluding hydrogens is 248 g/mol. The van der Waals surface area contributed by atoms with Crippen LogP contribution in [0.15, 0.2) is 24.3 Å². The Morgan fingerprint density at radius 1 is 1.33 bits per heavy atom. The van der Waals surface area contributed by atoms with Gasteiger partial charge >= 0.3 is 0 Å². The van der Waals surface area contributed by atoms with E-state index in [-0.39, 0.29) is 18.3 Å². The first-order valence-corrected chi connectivity index (χ1v) is 7.73. The molecule has 0 atom stereocenters. The summed E-state index contributed by atoms with van der Waals surface area (Å²) >= 11 is 0. The van der Waals surface area contributed by atoms with E-state index in [1.165, 1.54) is 4.31 Å². The quantitative estimate of drug-likeness (QED) is 0.852. The lowest BCUT2D eigenvalue weighted by molar-refractivity contribution is 0.348. The lowest BCUT2D eigenvalue weighted by Crippen LogP contribution is -2.39. The lowest BCUT2D eigenvalue weighted by Gasteiger charge is -2.26. The molecule has 1 rings (SSSR count). The van der Waals surface area contributed by atoms with Crippen LogP contribution in [0.4, 0.5) is 0 Å². The second-order valence-electron chi connectivity index (χ2n) is 4.73. The second kappa shape index (κ2) is 6.31. The molecule has 0 aromatic heterocycles. The van der Waals surface area contributed by atoms with Crippen molar-refractivity contribution >= 4 is 10.0 Å². The second-order valence-corrected chi connectivity index (χ2v) is 6.77. The summed E-state index contributed by atoms with van der Waals surface area (Å²) in [6, 6.07) is 7.83. The van der Waals surface area contributed by atoms with Crippen molar-refractivity contribution in [3.05, 3.63) is 35.4 Å². The Hall–Kier alpha value is -0.910. The zero-order valence-corrected chi connectivity index (χ0v) is 12.1. The standard InChI is InChI=1S/C13H22N2O2S/c1-11(2)15(18(16,17)8-7-14)10-13-6-4-5-12(3)9-13/h4-6,9,11H,7-8,10,14H2,1-3H3. The van der Waals surface area contributed by atoms with E-state index in [4.69, 9.17) is 5.73 Å². The fraction of sp³-hybridized carbons (Fsp3) is 0.538. The third-order valence-electron chi connectivity index (χ3n) is 2.73. The van der Waals surface area contributed by atoms with Crippen molar-refractivity contribution in [2.24, 2.45) is 5.73 Å². The first kappa shape index (κ1) is 15.1. The zero-order chi connectivity index (χ0) is 13.8. The van der Waals surface area contributed by atoms with Crippen LogP contribution in [-0.2, 0) is 16.6 Å². The monoisotopic (exact) mass is 270 g/mol. The zero-order valence-electron chi connectivity index (χ0n) is 11.3. The molecule has 0 amide bonds. The van der Waals surface area contributed by atoms with Gasteiger partial charge in [0.2, 0.25) is 10.0 Å². The highest BCUT2D eigenvalue weighted by Gasteiger charge is 2.24. The molecule has 0 bridgehead atoms. The molecule has 5 heteroatoms.